The van der Waals surface area contributed by atoms with Crippen LogP contribution < -0.4 is 0 Å². The van der Waals surface area contributed by atoms with Crippen LogP contribution in [0.2, 0.25) is 0 Å². The Kier molecular flexibility index (Phi) is 2.64. The third-order valence-electron chi connectivity index (χ3n) is 4.01. The molecule has 1 nitrogen and oxygen atoms in total. The molecule has 1 saturated heterocycles. The van der Waals surface area contributed by atoms with E-state index >= 15 is 0 Å². The monoisotopic (exact) mass is 182 g/mol. The van der Waals surface area contributed by atoms with E-state index in [0.717, 1.165) is 18.4 Å². The van der Waals surface area contributed by atoms with E-state index in [4.69, 9.17) is 4.74 Å². The van der Waals surface area contributed by atoms with Gasteiger partial charge >= 0.3 is 0 Å². The molecule has 0 aromatic heterocycles. The van der Waals surface area contributed by atoms with Crippen molar-refractivity contribution in [3.63, 3.8) is 0 Å². The lowest BCUT2D eigenvalue weighted by molar-refractivity contribution is 0.160. The average Bonchev–Trinajstić information content (AvgIpc) is 2.87. The predicted octanol–water partition coefficient (Wildman–Crippen LogP) is 3.38. The number of rotatable bonds is 3. The quantitative estimate of drug-likeness (QED) is 0.610. The molecule has 76 valence electrons. The van der Waals surface area contributed by atoms with Gasteiger partial charge in [-0.3, -0.25) is 0 Å². The highest BCUT2D eigenvalue weighted by Crippen LogP contribution is 2.44. The van der Waals surface area contributed by atoms with Crippen LogP contribution in [0.25, 0.3) is 0 Å². The average molecular weight is 182 g/mol. The SMILES string of the molecule is CCCC1CCC(C2(C)CO2)CC1. The first-order valence-electron chi connectivity index (χ1n) is 5.88. The molecule has 0 spiro atoms. The van der Waals surface area contributed by atoms with E-state index in [1.807, 2.05) is 0 Å². The van der Waals surface area contributed by atoms with Gasteiger partial charge in [0.25, 0.3) is 0 Å². The molecule has 0 aromatic carbocycles. The third-order valence-corrected chi connectivity index (χ3v) is 4.01. The summed E-state index contributed by atoms with van der Waals surface area (Å²) in [5, 5.41) is 0. The number of hydrogen-bond donors (Lipinski definition) is 0. The highest BCUT2D eigenvalue weighted by molar-refractivity contribution is 4.95. The van der Waals surface area contributed by atoms with Gasteiger partial charge in [-0.05, 0) is 31.6 Å². The van der Waals surface area contributed by atoms with Crippen LogP contribution in [0.3, 0.4) is 0 Å². The van der Waals surface area contributed by atoms with Crippen LogP contribution in [0.5, 0.6) is 0 Å². The Hall–Kier alpha value is -0.0400. The van der Waals surface area contributed by atoms with Gasteiger partial charge in [-0.15, -0.1) is 0 Å². The van der Waals surface area contributed by atoms with Gasteiger partial charge in [0.1, 0.15) is 0 Å². The summed E-state index contributed by atoms with van der Waals surface area (Å²) in [5.41, 5.74) is 0.303. The topological polar surface area (TPSA) is 12.5 Å². The molecule has 1 atom stereocenters. The second-order valence-electron chi connectivity index (χ2n) is 5.11. The van der Waals surface area contributed by atoms with Crippen LogP contribution in [-0.2, 0) is 4.74 Å². The first kappa shape index (κ1) is 9.51. The van der Waals surface area contributed by atoms with Crippen LogP contribution in [0, 0.1) is 11.8 Å². The standard InChI is InChI=1S/C12H22O/c1-3-4-10-5-7-11(8-6-10)12(2)9-13-12/h10-11H,3-9H2,1-2H3. The van der Waals surface area contributed by atoms with Crippen molar-refractivity contribution < 1.29 is 4.74 Å². The molecule has 0 N–H and O–H groups in total. The van der Waals surface area contributed by atoms with Crippen LogP contribution >= 0.6 is 0 Å². The van der Waals surface area contributed by atoms with Gasteiger partial charge in [0.05, 0.1) is 12.2 Å². The molecule has 2 fully saturated rings. The van der Waals surface area contributed by atoms with Crippen LogP contribution in [0.1, 0.15) is 52.4 Å². The Bertz CT molecular complexity index is 164. The summed E-state index contributed by atoms with van der Waals surface area (Å²) in [4.78, 5) is 0. The molecular weight excluding hydrogens is 160 g/mol. The lowest BCUT2D eigenvalue weighted by Crippen LogP contribution is -2.26. The number of hydrogen-bond acceptors (Lipinski definition) is 1. The summed E-state index contributed by atoms with van der Waals surface area (Å²) >= 11 is 0. The molecule has 1 heterocycles. The van der Waals surface area contributed by atoms with Crippen molar-refractivity contribution >= 4 is 0 Å². The van der Waals surface area contributed by atoms with Gasteiger partial charge < -0.3 is 4.74 Å². The van der Waals surface area contributed by atoms with E-state index in [9.17, 15) is 0 Å². The molecule has 13 heavy (non-hydrogen) atoms. The van der Waals surface area contributed by atoms with Gasteiger partial charge in [0.15, 0.2) is 0 Å². The molecule has 1 heteroatoms. The van der Waals surface area contributed by atoms with E-state index in [-0.39, 0.29) is 0 Å². The van der Waals surface area contributed by atoms with Gasteiger partial charge in [-0.2, -0.15) is 0 Å². The number of ether oxygens (including phenoxy) is 1. The highest BCUT2D eigenvalue weighted by Gasteiger charge is 2.47. The maximum absolute atomic E-state index is 5.53. The summed E-state index contributed by atoms with van der Waals surface area (Å²) in [7, 11) is 0. The molecule has 0 radical (unpaired) electrons. The third kappa shape index (κ3) is 2.07. The molecule has 1 aliphatic carbocycles. The lowest BCUT2D eigenvalue weighted by Gasteiger charge is -2.30. The van der Waals surface area contributed by atoms with E-state index in [1.165, 1.54) is 38.5 Å². The Labute approximate surface area is 81.9 Å². The normalized spacial score (nSPS) is 44.8. The van der Waals surface area contributed by atoms with Crippen molar-refractivity contribution in [3.05, 3.63) is 0 Å². The molecule has 1 saturated carbocycles. The largest absolute Gasteiger partial charge is 0.370 e. The molecule has 0 amide bonds. The van der Waals surface area contributed by atoms with Crippen molar-refractivity contribution in [2.24, 2.45) is 11.8 Å². The molecule has 0 bridgehead atoms. The van der Waals surface area contributed by atoms with E-state index in [0.29, 0.717) is 5.60 Å². The summed E-state index contributed by atoms with van der Waals surface area (Å²) in [6, 6.07) is 0. The lowest BCUT2D eigenvalue weighted by atomic mass is 9.75. The van der Waals surface area contributed by atoms with Crippen LogP contribution in [0.15, 0.2) is 0 Å². The fourth-order valence-electron chi connectivity index (χ4n) is 2.82. The Morgan fingerprint density at radius 1 is 1.23 bits per heavy atom. The minimum Gasteiger partial charge on any atom is -0.370 e. The minimum absolute atomic E-state index is 0.303. The van der Waals surface area contributed by atoms with Crippen molar-refractivity contribution in [3.8, 4) is 0 Å². The Balaban J connectivity index is 1.76. The number of epoxide rings is 1. The molecule has 1 aliphatic heterocycles. The minimum atomic E-state index is 0.303. The van der Waals surface area contributed by atoms with E-state index in [1.54, 1.807) is 0 Å². The maximum Gasteiger partial charge on any atom is 0.0916 e. The summed E-state index contributed by atoms with van der Waals surface area (Å²) in [6.45, 7) is 5.62. The first-order chi connectivity index (χ1) is 6.24. The van der Waals surface area contributed by atoms with Gasteiger partial charge in [0, 0.05) is 0 Å². The summed E-state index contributed by atoms with van der Waals surface area (Å²) < 4.78 is 5.53. The van der Waals surface area contributed by atoms with Crippen molar-refractivity contribution in [2.75, 3.05) is 6.61 Å². The zero-order chi connectivity index (χ0) is 9.31. The molecule has 2 aliphatic rings. The van der Waals surface area contributed by atoms with Crippen molar-refractivity contribution in [2.45, 2.75) is 58.0 Å². The summed E-state index contributed by atoms with van der Waals surface area (Å²) in [6.07, 6.45) is 8.56. The molecule has 0 aromatic rings. The Morgan fingerprint density at radius 2 is 1.85 bits per heavy atom. The van der Waals surface area contributed by atoms with E-state index < -0.39 is 0 Å². The van der Waals surface area contributed by atoms with Gasteiger partial charge in [0.2, 0.25) is 0 Å². The molecule has 2 rings (SSSR count). The molecular formula is C12H22O. The zero-order valence-electron chi connectivity index (χ0n) is 9.01. The highest BCUT2D eigenvalue weighted by atomic mass is 16.6. The first-order valence-corrected chi connectivity index (χ1v) is 5.88. The van der Waals surface area contributed by atoms with Gasteiger partial charge in [-0.1, -0.05) is 32.6 Å². The molecule has 1 unspecified atom stereocenters. The van der Waals surface area contributed by atoms with Crippen molar-refractivity contribution in [1.29, 1.82) is 0 Å². The predicted molar refractivity (Wildman–Crippen MR) is 54.7 cm³/mol. The Morgan fingerprint density at radius 3 is 2.31 bits per heavy atom. The fraction of sp³-hybridized carbons (Fsp3) is 1.00. The second kappa shape index (κ2) is 3.61. The maximum atomic E-state index is 5.53. The van der Waals surface area contributed by atoms with Crippen LogP contribution in [0.4, 0.5) is 0 Å². The smallest absolute Gasteiger partial charge is 0.0916 e. The second-order valence-corrected chi connectivity index (χ2v) is 5.11. The zero-order valence-corrected chi connectivity index (χ0v) is 9.01. The van der Waals surface area contributed by atoms with Crippen molar-refractivity contribution in [1.82, 2.24) is 0 Å². The fourth-order valence-corrected chi connectivity index (χ4v) is 2.82. The van der Waals surface area contributed by atoms with Crippen LogP contribution in [-0.4, -0.2) is 12.2 Å². The summed E-state index contributed by atoms with van der Waals surface area (Å²) in [5.74, 6) is 1.91. The van der Waals surface area contributed by atoms with E-state index in [2.05, 4.69) is 13.8 Å². The van der Waals surface area contributed by atoms with Gasteiger partial charge in [-0.25, -0.2) is 0 Å².